The lowest BCUT2D eigenvalue weighted by atomic mass is 9.83. The Kier molecular flexibility index (Phi) is 4.29. The van der Waals surface area contributed by atoms with Gasteiger partial charge in [0.1, 0.15) is 5.75 Å². The molecule has 1 heterocycles. The lowest BCUT2D eigenvalue weighted by Gasteiger charge is -2.36. The fourth-order valence-electron chi connectivity index (χ4n) is 3.76. The van der Waals surface area contributed by atoms with Gasteiger partial charge in [-0.1, -0.05) is 111 Å². The van der Waals surface area contributed by atoms with Crippen molar-refractivity contribution >= 4 is 16.8 Å². The van der Waals surface area contributed by atoms with E-state index in [0.29, 0.717) is 0 Å². The number of rotatable bonds is 2. The van der Waals surface area contributed by atoms with Gasteiger partial charge in [-0.3, -0.25) is 0 Å². The molecule has 0 unspecified atom stereocenters. The van der Waals surface area contributed by atoms with Crippen molar-refractivity contribution in [2.45, 2.75) is 13.0 Å². The monoisotopic (exact) mass is 350 g/mol. The highest BCUT2D eigenvalue weighted by atomic mass is 16.5. The highest BCUT2D eigenvalue weighted by Crippen LogP contribution is 2.44. The third kappa shape index (κ3) is 2.72. The van der Waals surface area contributed by atoms with Crippen LogP contribution in [0.2, 0.25) is 0 Å². The molecule has 0 saturated heterocycles. The van der Waals surface area contributed by atoms with Crippen molar-refractivity contribution in [1.29, 1.82) is 0 Å². The smallest absolute Gasteiger partial charge is 0.178 e. The van der Waals surface area contributed by atoms with Crippen molar-refractivity contribution in [3.05, 3.63) is 120 Å². The van der Waals surface area contributed by atoms with Crippen LogP contribution >= 0.6 is 0 Å². The molecular weight excluding hydrogens is 328 g/mol. The van der Waals surface area contributed by atoms with Crippen LogP contribution in [0.25, 0.3) is 16.8 Å². The Morgan fingerprint density at radius 2 is 1.19 bits per heavy atom. The topological polar surface area (TPSA) is 9.23 Å². The summed E-state index contributed by atoms with van der Waals surface area (Å²) in [6.45, 7) is 0. The van der Waals surface area contributed by atoms with Gasteiger partial charge < -0.3 is 4.74 Å². The Labute approximate surface area is 160 Å². The summed E-state index contributed by atoms with van der Waals surface area (Å²) in [7, 11) is 0. The maximum absolute atomic E-state index is 6.82. The summed E-state index contributed by atoms with van der Waals surface area (Å²) in [5, 5.41) is 2.34. The molecule has 0 bridgehead atoms. The van der Waals surface area contributed by atoms with E-state index in [1.807, 2.05) is 12.1 Å². The van der Waals surface area contributed by atoms with E-state index in [1.165, 1.54) is 5.39 Å². The molecule has 5 rings (SSSR count). The molecule has 1 aliphatic heterocycles. The lowest BCUT2D eigenvalue weighted by molar-refractivity contribution is 0.163. The predicted octanol–water partition coefficient (Wildman–Crippen LogP) is 6.83. The maximum Gasteiger partial charge on any atom is 0.178 e. The fourth-order valence-corrected chi connectivity index (χ4v) is 3.76. The molecule has 0 aromatic heterocycles. The molecule has 1 nitrogen and oxygen atoms in total. The molecule has 0 spiro atoms. The maximum atomic E-state index is 6.82. The van der Waals surface area contributed by atoms with E-state index < -0.39 is 5.60 Å². The van der Waals surface area contributed by atoms with Crippen LogP contribution in [-0.4, -0.2) is 0 Å². The minimum atomic E-state index is -0.625. The van der Waals surface area contributed by atoms with Gasteiger partial charge in [0, 0.05) is 22.1 Å². The quantitative estimate of drug-likeness (QED) is 0.385. The molecule has 1 aliphatic rings. The van der Waals surface area contributed by atoms with Crippen molar-refractivity contribution in [3.8, 4) is 5.75 Å². The van der Waals surface area contributed by atoms with Crippen LogP contribution in [0.4, 0.5) is 0 Å². The predicted molar refractivity (Wildman–Crippen MR) is 114 cm³/mol. The second-order valence-corrected chi connectivity index (χ2v) is 6.61. The van der Waals surface area contributed by atoms with Gasteiger partial charge in [-0.05, 0) is 11.5 Å². The first kappa shape index (κ1) is 17.1. The van der Waals surface area contributed by atoms with Crippen LogP contribution in [0.3, 0.4) is 0 Å². The summed E-state index contributed by atoms with van der Waals surface area (Å²) < 4.78 is 6.82. The van der Waals surface area contributed by atoms with Crippen LogP contribution in [0.15, 0.2) is 103 Å². The van der Waals surface area contributed by atoms with E-state index in [2.05, 4.69) is 97.1 Å². The summed E-state index contributed by atoms with van der Waals surface area (Å²) in [4.78, 5) is 0. The van der Waals surface area contributed by atoms with E-state index in [4.69, 9.17) is 4.74 Å². The van der Waals surface area contributed by atoms with E-state index in [1.54, 1.807) is 0 Å². The lowest BCUT2D eigenvalue weighted by Crippen LogP contribution is -2.34. The van der Waals surface area contributed by atoms with Gasteiger partial charge >= 0.3 is 0 Å². The largest absolute Gasteiger partial charge is 0.472 e. The van der Waals surface area contributed by atoms with Crippen molar-refractivity contribution in [3.63, 3.8) is 0 Å². The highest BCUT2D eigenvalue weighted by molar-refractivity contribution is 5.92. The van der Waals surface area contributed by atoms with Crippen LogP contribution in [-0.2, 0) is 5.60 Å². The van der Waals surface area contributed by atoms with Crippen LogP contribution in [0, 0.1) is 0 Å². The van der Waals surface area contributed by atoms with Crippen LogP contribution < -0.4 is 4.74 Å². The molecule has 0 saturated carbocycles. The third-order valence-electron chi connectivity index (χ3n) is 5.08. The Balaban J connectivity index is 0.00000180. The minimum Gasteiger partial charge on any atom is -0.472 e. The summed E-state index contributed by atoms with van der Waals surface area (Å²) in [6.07, 6.45) is 4.36. The zero-order chi connectivity index (χ0) is 17.4. The standard InChI is InChI=1S/C25H18O.CH4/c1-3-10-21(11-4-1)25(22-12-5-2-6-13-22)18-17-20-16-15-19-9-7-8-14-23(19)24(20)26-25;/h1-18H;1H4. The molecule has 4 aromatic rings. The molecule has 0 aliphatic carbocycles. The molecule has 0 radical (unpaired) electrons. The molecule has 0 N–H and O–H groups in total. The molecule has 0 fully saturated rings. The number of hydrogen-bond acceptors (Lipinski definition) is 1. The second kappa shape index (κ2) is 6.77. The Bertz CT molecular complexity index is 1060. The number of benzene rings is 4. The second-order valence-electron chi connectivity index (χ2n) is 6.61. The number of hydrogen-bond donors (Lipinski definition) is 0. The normalized spacial score (nSPS) is 14.1. The molecule has 0 amide bonds. The first-order chi connectivity index (χ1) is 12.9. The van der Waals surface area contributed by atoms with Gasteiger partial charge in [-0.15, -0.1) is 0 Å². The Morgan fingerprint density at radius 1 is 0.593 bits per heavy atom. The van der Waals surface area contributed by atoms with Gasteiger partial charge in [0.25, 0.3) is 0 Å². The van der Waals surface area contributed by atoms with E-state index >= 15 is 0 Å². The summed E-state index contributed by atoms with van der Waals surface area (Å²) in [5.74, 6) is 0.943. The van der Waals surface area contributed by atoms with Crippen LogP contribution in [0.1, 0.15) is 24.1 Å². The van der Waals surface area contributed by atoms with Gasteiger partial charge in [-0.25, -0.2) is 0 Å². The Hall–Kier alpha value is -3.32. The third-order valence-corrected chi connectivity index (χ3v) is 5.08. The summed E-state index contributed by atoms with van der Waals surface area (Å²) >= 11 is 0. The van der Waals surface area contributed by atoms with Gasteiger partial charge in [0.2, 0.25) is 0 Å². The van der Waals surface area contributed by atoms with Crippen molar-refractivity contribution in [1.82, 2.24) is 0 Å². The van der Waals surface area contributed by atoms with E-state index in [-0.39, 0.29) is 7.43 Å². The fraction of sp³-hybridized carbons (Fsp3) is 0.0769. The molecule has 132 valence electrons. The highest BCUT2D eigenvalue weighted by Gasteiger charge is 2.37. The number of ether oxygens (including phenoxy) is 1. The summed E-state index contributed by atoms with van der Waals surface area (Å²) in [5.41, 5.74) is 2.74. The van der Waals surface area contributed by atoms with E-state index in [9.17, 15) is 0 Å². The van der Waals surface area contributed by atoms with Gasteiger partial charge in [0.15, 0.2) is 5.60 Å². The average Bonchev–Trinajstić information content (AvgIpc) is 2.74. The zero-order valence-electron chi connectivity index (χ0n) is 14.3. The number of fused-ring (bicyclic) bond motifs is 3. The molecule has 0 atom stereocenters. The average molecular weight is 350 g/mol. The summed E-state index contributed by atoms with van der Waals surface area (Å²) in [6, 6.07) is 33.5. The van der Waals surface area contributed by atoms with Crippen molar-refractivity contribution in [2.24, 2.45) is 0 Å². The molecule has 27 heavy (non-hydrogen) atoms. The Morgan fingerprint density at radius 3 is 1.85 bits per heavy atom. The molecular formula is C26H22O. The molecule has 4 aromatic carbocycles. The minimum absolute atomic E-state index is 0. The van der Waals surface area contributed by atoms with Crippen LogP contribution in [0.5, 0.6) is 5.75 Å². The van der Waals surface area contributed by atoms with Gasteiger partial charge in [0.05, 0.1) is 0 Å². The van der Waals surface area contributed by atoms with E-state index in [0.717, 1.165) is 27.8 Å². The zero-order valence-corrected chi connectivity index (χ0v) is 14.3. The first-order valence-corrected chi connectivity index (χ1v) is 8.88. The SMILES string of the molecule is C.C1=CC(c2ccccc2)(c2ccccc2)Oc2c1ccc1ccccc21. The molecule has 1 heteroatoms. The van der Waals surface area contributed by atoms with Crippen molar-refractivity contribution < 1.29 is 4.74 Å². The van der Waals surface area contributed by atoms with Crippen molar-refractivity contribution in [2.75, 3.05) is 0 Å². The van der Waals surface area contributed by atoms with Gasteiger partial charge in [-0.2, -0.15) is 0 Å². The first-order valence-electron chi connectivity index (χ1n) is 8.88.